The van der Waals surface area contributed by atoms with Crippen molar-refractivity contribution in [2.45, 2.75) is 12.8 Å². The van der Waals surface area contributed by atoms with E-state index in [9.17, 15) is 4.39 Å². The molecule has 1 aromatic carbocycles. The maximum Gasteiger partial charge on any atom is 0.141 e. The lowest BCUT2D eigenvalue weighted by Gasteiger charge is -1.91. The lowest BCUT2D eigenvalue weighted by molar-refractivity contribution is 0.621. The highest BCUT2D eigenvalue weighted by Crippen LogP contribution is 2.15. The van der Waals surface area contributed by atoms with E-state index in [0.29, 0.717) is 5.69 Å². The van der Waals surface area contributed by atoms with Gasteiger partial charge in [-0.1, -0.05) is 24.1 Å². The van der Waals surface area contributed by atoms with Crippen molar-refractivity contribution in [3.8, 4) is 11.8 Å². The zero-order valence-electron chi connectivity index (χ0n) is 10.9. The van der Waals surface area contributed by atoms with Gasteiger partial charge < -0.3 is 4.98 Å². The molecule has 0 saturated heterocycles. The van der Waals surface area contributed by atoms with Crippen molar-refractivity contribution in [2.24, 2.45) is 0 Å². The summed E-state index contributed by atoms with van der Waals surface area (Å²) in [7, 11) is 0. The highest BCUT2D eigenvalue weighted by Gasteiger charge is 1.98. The topological polar surface area (TPSA) is 28.7 Å². The van der Waals surface area contributed by atoms with Crippen LogP contribution in [0.25, 0.3) is 10.9 Å². The first-order chi connectivity index (χ1) is 9.81. The van der Waals surface area contributed by atoms with Crippen molar-refractivity contribution < 1.29 is 4.39 Å². The molecule has 0 amide bonds. The maximum absolute atomic E-state index is 12.7. The standard InChI is InChI=1S/C17H13FN2/c18-14-9-10-15(19-12-14)6-2-3-7-16-11-13-5-1-4-8-17(13)20-16/h1,4-5,8-12,20H,3,7H2. The molecule has 0 spiro atoms. The van der Waals surface area contributed by atoms with Crippen LogP contribution in [0.1, 0.15) is 17.8 Å². The van der Waals surface area contributed by atoms with Gasteiger partial charge in [0, 0.05) is 17.6 Å². The molecule has 3 heteroatoms. The lowest BCUT2D eigenvalue weighted by Crippen LogP contribution is -1.85. The first-order valence-corrected chi connectivity index (χ1v) is 6.48. The van der Waals surface area contributed by atoms with E-state index in [4.69, 9.17) is 0 Å². The van der Waals surface area contributed by atoms with Crippen LogP contribution in [0.3, 0.4) is 0 Å². The van der Waals surface area contributed by atoms with Gasteiger partial charge in [0.25, 0.3) is 0 Å². The molecular formula is C17H13FN2. The van der Waals surface area contributed by atoms with E-state index in [1.165, 1.54) is 23.3 Å². The maximum atomic E-state index is 12.7. The molecule has 20 heavy (non-hydrogen) atoms. The summed E-state index contributed by atoms with van der Waals surface area (Å²) >= 11 is 0. The number of rotatable bonds is 2. The van der Waals surface area contributed by atoms with Crippen LogP contribution in [0.15, 0.2) is 48.7 Å². The molecule has 0 fully saturated rings. The normalized spacial score (nSPS) is 10.2. The summed E-state index contributed by atoms with van der Waals surface area (Å²) < 4.78 is 12.7. The monoisotopic (exact) mass is 264 g/mol. The Labute approximate surface area is 116 Å². The number of fused-ring (bicyclic) bond motifs is 1. The minimum atomic E-state index is -0.339. The molecular weight excluding hydrogens is 251 g/mol. The van der Waals surface area contributed by atoms with Crippen molar-refractivity contribution in [1.82, 2.24) is 9.97 Å². The zero-order valence-corrected chi connectivity index (χ0v) is 10.9. The Morgan fingerprint density at radius 2 is 2.05 bits per heavy atom. The molecule has 0 aliphatic carbocycles. The van der Waals surface area contributed by atoms with Crippen LogP contribution in [0.4, 0.5) is 4.39 Å². The number of aromatic amines is 1. The predicted octanol–water partition coefficient (Wildman–Crippen LogP) is 3.69. The molecule has 0 unspecified atom stereocenters. The molecule has 2 aromatic heterocycles. The summed E-state index contributed by atoms with van der Waals surface area (Å²) in [6.45, 7) is 0. The van der Waals surface area contributed by atoms with E-state index < -0.39 is 0 Å². The van der Waals surface area contributed by atoms with Crippen molar-refractivity contribution in [2.75, 3.05) is 0 Å². The molecule has 1 N–H and O–H groups in total. The van der Waals surface area contributed by atoms with Crippen molar-refractivity contribution >= 4 is 10.9 Å². The average Bonchev–Trinajstić information content (AvgIpc) is 2.88. The molecule has 0 aliphatic rings. The van der Waals surface area contributed by atoms with Crippen molar-refractivity contribution in [3.63, 3.8) is 0 Å². The van der Waals surface area contributed by atoms with Crippen LogP contribution in [-0.4, -0.2) is 9.97 Å². The van der Waals surface area contributed by atoms with E-state index in [2.05, 4.69) is 40.0 Å². The van der Waals surface area contributed by atoms with Crippen LogP contribution >= 0.6 is 0 Å². The van der Waals surface area contributed by atoms with Gasteiger partial charge in [0.1, 0.15) is 11.5 Å². The average molecular weight is 264 g/mol. The Morgan fingerprint density at radius 1 is 1.15 bits per heavy atom. The molecule has 3 rings (SSSR count). The molecule has 0 saturated carbocycles. The number of hydrogen-bond acceptors (Lipinski definition) is 1. The molecule has 0 bridgehead atoms. The first-order valence-electron chi connectivity index (χ1n) is 6.48. The first kappa shape index (κ1) is 12.4. The van der Waals surface area contributed by atoms with Crippen LogP contribution in [0.2, 0.25) is 0 Å². The van der Waals surface area contributed by atoms with E-state index in [-0.39, 0.29) is 5.82 Å². The Balaban J connectivity index is 1.64. The molecule has 0 aliphatic heterocycles. The van der Waals surface area contributed by atoms with Crippen LogP contribution in [0.5, 0.6) is 0 Å². The molecule has 0 atom stereocenters. The van der Waals surface area contributed by atoms with Crippen LogP contribution < -0.4 is 0 Å². The van der Waals surface area contributed by atoms with E-state index in [0.717, 1.165) is 18.4 Å². The third-order valence-corrected chi connectivity index (χ3v) is 3.05. The van der Waals surface area contributed by atoms with Gasteiger partial charge in [-0.2, -0.15) is 0 Å². The highest BCUT2D eigenvalue weighted by atomic mass is 19.1. The Kier molecular flexibility index (Phi) is 3.47. The number of aryl methyl sites for hydroxylation is 1. The number of hydrogen-bond donors (Lipinski definition) is 1. The second-order valence-electron chi connectivity index (χ2n) is 4.55. The predicted molar refractivity (Wildman–Crippen MR) is 77.7 cm³/mol. The minimum Gasteiger partial charge on any atom is -0.358 e. The summed E-state index contributed by atoms with van der Waals surface area (Å²) in [5.41, 5.74) is 2.92. The van der Waals surface area contributed by atoms with Gasteiger partial charge in [-0.25, -0.2) is 9.37 Å². The number of aromatic nitrogens is 2. The largest absolute Gasteiger partial charge is 0.358 e. The van der Waals surface area contributed by atoms with Gasteiger partial charge in [0.15, 0.2) is 0 Å². The summed E-state index contributed by atoms with van der Waals surface area (Å²) in [6, 6.07) is 13.3. The smallest absolute Gasteiger partial charge is 0.141 e. The fourth-order valence-electron chi connectivity index (χ4n) is 2.07. The van der Waals surface area contributed by atoms with Crippen molar-refractivity contribution in [1.29, 1.82) is 0 Å². The summed E-state index contributed by atoms with van der Waals surface area (Å²) in [5.74, 6) is 5.65. The van der Waals surface area contributed by atoms with Gasteiger partial charge in [0.2, 0.25) is 0 Å². The number of pyridine rings is 1. The van der Waals surface area contributed by atoms with Crippen molar-refractivity contribution in [3.05, 3.63) is 65.9 Å². The van der Waals surface area contributed by atoms with E-state index >= 15 is 0 Å². The number of H-pyrrole nitrogens is 1. The number of benzene rings is 1. The Hall–Kier alpha value is -2.60. The number of halogens is 1. The molecule has 98 valence electrons. The second-order valence-corrected chi connectivity index (χ2v) is 4.55. The quantitative estimate of drug-likeness (QED) is 0.703. The fourth-order valence-corrected chi connectivity index (χ4v) is 2.07. The van der Waals surface area contributed by atoms with Gasteiger partial charge in [0.05, 0.1) is 6.20 Å². The molecule has 0 radical (unpaired) electrons. The van der Waals surface area contributed by atoms with Gasteiger partial charge >= 0.3 is 0 Å². The third kappa shape index (κ3) is 2.86. The zero-order chi connectivity index (χ0) is 13.8. The molecule has 3 aromatic rings. The van der Waals surface area contributed by atoms with E-state index in [1.54, 1.807) is 6.07 Å². The van der Waals surface area contributed by atoms with Gasteiger partial charge in [-0.3, -0.25) is 0 Å². The van der Waals surface area contributed by atoms with Crippen LogP contribution in [-0.2, 0) is 6.42 Å². The Morgan fingerprint density at radius 3 is 2.85 bits per heavy atom. The molecule has 2 nitrogen and oxygen atoms in total. The van der Waals surface area contributed by atoms with E-state index in [1.807, 2.05) is 12.1 Å². The molecule has 2 heterocycles. The highest BCUT2D eigenvalue weighted by molar-refractivity contribution is 5.80. The SMILES string of the molecule is Fc1ccc(C#CCCc2cc3ccccc3[nH]2)nc1. The summed E-state index contributed by atoms with van der Waals surface area (Å²) in [4.78, 5) is 7.27. The van der Waals surface area contributed by atoms with Gasteiger partial charge in [-0.05, 0) is 42.0 Å². The second kappa shape index (κ2) is 5.58. The summed E-state index contributed by atoms with van der Waals surface area (Å²) in [5, 5.41) is 1.22. The van der Waals surface area contributed by atoms with Gasteiger partial charge in [-0.15, -0.1) is 0 Å². The summed E-state index contributed by atoms with van der Waals surface area (Å²) in [6.07, 6.45) is 2.79. The van der Waals surface area contributed by atoms with Crippen LogP contribution in [0, 0.1) is 17.7 Å². The lowest BCUT2D eigenvalue weighted by atomic mass is 10.2. The number of nitrogens with zero attached hydrogens (tertiary/aromatic N) is 1. The number of nitrogens with one attached hydrogen (secondary N) is 1. The third-order valence-electron chi connectivity index (χ3n) is 3.05. The fraction of sp³-hybridized carbons (Fsp3) is 0.118. The minimum absolute atomic E-state index is 0.339. The Bertz CT molecular complexity index is 743. The number of para-hydroxylation sites is 1.